The highest BCUT2D eigenvalue weighted by Gasteiger charge is 2.30. The van der Waals surface area contributed by atoms with Gasteiger partial charge in [0.1, 0.15) is 11.9 Å². The molecule has 0 spiro atoms. The van der Waals surface area contributed by atoms with Gasteiger partial charge >= 0.3 is 0 Å². The van der Waals surface area contributed by atoms with Crippen LogP contribution in [-0.2, 0) is 14.3 Å². The fourth-order valence-electron chi connectivity index (χ4n) is 3.07. The highest BCUT2D eigenvalue weighted by Crippen LogP contribution is 2.20. The number of benzene rings is 1. The molecule has 136 valence electrons. The second kappa shape index (κ2) is 8.54. The van der Waals surface area contributed by atoms with Crippen molar-refractivity contribution in [2.75, 3.05) is 13.2 Å². The van der Waals surface area contributed by atoms with Crippen molar-refractivity contribution in [2.45, 2.75) is 50.3 Å². The Hall–Kier alpha value is -1.79. The zero-order valence-electron chi connectivity index (χ0n) is 14.0. The van der Waals surface area contributed by atoms with Gasteiger partial charge < -0.3 is 20.1 Å². The number of hydrogen-bond donors (Lipinski definition) is 2. The molecule has 0 bridgehead atoms. The summed E-state index contributed by atoms with van der Waals surface area (Å²) in [7, 11) is 0. The van der Waals surface area contributed by atoms with Crippen molar-refractivity contribution >= 4 is 23.4 Å². The molecule has 0 aromatic heterocycles. The fourth-order valence-corrected chi connectivity index (χ4v) is 3.19. The number of halogens is 1. The summed E-state index contributed by atoms with van der Waals surface area (Å²) in [5, 5.41) is 6.66. The van der Waals surface area contributed by atoms with Crippen LogP contribution >= 0.6 is 11.6 Å². The van der Waals surface area contributed by atoms with E-state index in [1.54, 1.807) is 24.3 Å². The van der Waals surface area contributed by atoms with E-state index in [1.165, 1.54) is 0 Å². The zero-order valence-corrected chi connectivity index (χ0v) is 14.8. The van der Waals surface area contributed by atoms with E-state index in [1.807, 2.05) is 0 Å². The maximum absolute atomic E-state index is 12.0. The summed E-state index contributed by atoms with van der Waals surface area (Å²) < 4.78 is 10.6. The van der Waals surface area contributed by atoms with Crippen LogP contribution in [0.3, 0.4) is 0 Å². The fraction of sp³-hybridized carbons (Fsp3) is 0.556. The van der Waals surface area contributed by atoms with Gasteiger partial charge in [0.2, 0.25) is 5.91 Å². The SMILES string of the molecule is O=C(COc1ccc(Cl)cc1)N[C@H]1CC[C@H](NC(=O)C2CCO2)CC1. The Bertz CT molecular complexity index is 596. The van der Waals surface area contributed by atoms with Crippen LogP contribution in [-0.4, -0.2) is 43.2 Å². The lowest BCUT2D eigenvalue weighted by Crippen LogP contribution is -2.49. The van der Waals surface area contributed by atoms with Crippen LogP contribution in [0.5, 0.6) is 5.75 Å². The average Bonchev–Trinajstić information content (AvgIpc) is 2.54. The van der Waals surface area contributed by atoms with Crippen molar-refractivity contribution in [1.82, 2.24) is 10.6 Å². The minimum atomic E-state index is -0.262. The molecule has 1 aromatic carbocycles. The molecule has 1 unspecified atom stereocenters. The molecule has 1 atom stereocenters. The molecule has 2 N–H and O–H groups in total. The van der Waals surface area contributed by atoms with Crippen molar-refractivity contribution in [2.24, 2.45) is 0 Å². The maximum Gasteiger partial charge on any atom is 0.258 e. The van der Waals surface area contributed by atoms with Crippen LogP contribution in [0, 0.1) is 0 Å². The summed E-state index contributed by atoms with van der Waals surface area (Å²) >= 11 is 5.81. The van der Waals surface area contributed by atoms with Crippen LogP contribution < -0.4 is 15.4 Å². The third-order valence-electron chi connectivity index (χ3n) is 4.61. The third kappa shape index (κ3) is 5.34. The van der Waals surface area contributed by atoms with Gasteiger partial charge in [-0.15, -0.1) is 0 Å². The van der Waals surface area contributed by atoms with Gasteiger partial charge in [-0.2, -0.15) is 0 Å². The number of rotatable bonds is 6. The molecule has 1 saturated heterocycles. The number of carbonyl (C=O) groups is 2. The first-order chi connectivity index (χ1) is 12.1. The lowest BCUT2D eigenvalue weighted by molar-refractivity contribution is -0.146. The standard InChI is InChI=1S/C18H23ClN2O4/c19-12-1-7-15(8-2-12)25-11-17(22)20-13-3-5-14(6-4-13)21-18(23)16-9-10-24-16/h1-2,7-8,13-14,16H,3-6,9-11H2,(H,20,22)(H,21,23)/t13-,14-,16?. The number of carbonyl (C=O) groups excluding carboxylic acids is 2. The predicted molar refractivity (Wildman–Crippen MR) is 93.6 cm³/mol. The number of ether oxygens (including phenoxy) is 2. The molecular weight excluding hydrogens is 344 g/mol. The molecule has 7 heteroatoms. The van der Waals surface area contributed by atoms with E-state index < -0.39 is 0 Å². The van der Waals surface area contributed by atoms with Gasteiger partial charge in [0.05, 0.1) is 6.61 Å². The minimum Gasteiger partial charge on any atom is -0.484 e. The molecule has 1 heterocycles. The largest absolute Gasteiger partial charge is 0.484 e. The van der Waals surface area contributed by atoms with E-state index in [0.29, 0.717) is 17.4 Å². The second-order valence-corrected chi connectivity index (χ2v) is 6.95. The first-order valence-corrected chi connectivity index (χ1v) is 9.07. The third-order valence-corrected chi connectivity index (χ3v) is 4.87. The summed E-state index contributed by atoms with van der Waals surface area (Å²) in [6.07, 6.45) is 3.97. The summed E-state index contributed by atoms with van der Waals surface area (Å²) in [5.41, 5.74) is 0. The molecule has 1 aromatic rings. The van der Waals surface area contributed by atoms with E-state index >= 15 is 0 Å². The molecule has 1 saturated carbocycles. The summed E-state index contributed by atoms with van der Waals surface area (Å²) in [6.45, 7) is 0.659. The molecule has 3 rings (SSSR count). The van der Waals surface area contributed by atoms with Gasteiger partial charge in [0, 0.05) is 23.5 Å². The van der Waals surface area contributed by atoms with Crippen LogP contribution in [0.4, 0.5) is 0 Å². The van der Waals surface area contributed by atoms with Crippen LogP contribution in [0.2, 0.25) is 5.02 Å². The van der Waals surface area contributed by atoms with Gasteiger partial charge in [-0.05, 0) is 49.9 Å². The Morgan fingerprint density at radius 1 is 1.04 bits per heavy atom. The zero-order chi connectivity index (χ0) is 17.6. The maximum atomic E-state index is 12.0. The van der Waals surface area contributed by atoms with Crippen molar-refractivity contribution in [3.63, 3.8) is 0 Å². The first kappa shape index (κ1) is 18.0. The smallest absolute Gasteiger partial charge is 0.258 e. The van der Waals surface area contributed by atoms with Crippen molar-refractivity contribution in [3.8, 4) is 5.75 Å². The topological polar surface area (TPSA) is 76.7 Å². The van der Waals surface area contributed by atoms with Gasteiger partial charge in [-0.3, -0.25) is 9.59 Å². The Morgan fingerprint density at radius 2 is 1.64 bits per heavy atom. The lowest BCUT2D eigenvalue weighted by atomic mass is 9.91. The summed E-state index contributed by atoms with van der Waals surface area (Å²) in [5.74, 6) is 0.476. The number of hydrogen-bond acceptors (Lipinski definition) is 4. The highest BCUT2D eigenvalue weighted by atomic mass is 35.5. The number of amides is 2. The van der Waals surface area contributed by atoms with Crippen LogP contribution in [0.15, 0.2) is 24.3 Å². The Morgan fingerprint density at radius 3 is 2.20 bits per heavy atom. The van der Waals surface area contributed by atoms with E-state index in [0.717, 1.165) is 32.1 Å². The number of nitrogens with one attached hydrogen (secondary N) is 2. The molecule has 25 heavy (non-hydrogen) atoms. The molecule has 2 aliphatic rings. The lowest BCUT2D eigenvalue weighted by Gasteiger charge is -2.32. The van der Waals surface area contributed by atoms with Gasteiger partial charge in [0.25, 0.3) is 5.91 Å². The Balaban J connectivity index is 1.33. The van der Waals surface area contributed by atoms with Crippen LogP contribution in [0.1, 0.15) is 32.1 Å². The monoisotopic (exact) mass is 366 g/mol. The van der Waals surface area contributed by atoms with E-state index in [4.69, 9.17) is 21.1 Å². The second-order valence-electron chi connectivity index (χ2n) is 6.52. The normalized spacial score (nSPS) is 25.6. The van der Waals surface area contributed by atoms with Gasteiger partial charge in [0.15, 0.2) is 6.61 Å². The molecular formula is C18H23ClN2O4. The Labute approximate surface area is 152 Å². The van der Waals surface area contributed by atoms with Gasteiger partial charge in [-0.1, -0.05) is 11.6 Å². The van der Waals surface area contributed by atoms with Crippen molar-refractivity contribution in [1.29, 1.82) is 0 Å². The van der Waals surface area contributed by atoms with E-state index in [-0.39, 0.29) is 36.6 Å². The van der Waals surface area contributed by atoms with Crippen molar-refractivity contribution in [3.05, 3.63) is 29.3 Å². The molecule has 2 fully saturated rings. The Kier molecular flexibility index (Phi) is 6.15. The summed E-state index contributed by atoms with van der Waals surface area (Å²) in [4.78, 5) is 23.9. The molecule has 1 aliphatic heterocycles. The van der Waals surface area contributed by atoms with E-state index in [9.17, 15) is 9.59 Å². The molecule has 6 nitrogen and oxygen atoms in total. The summed E-state index contributed by atoms with van der Waals surface area (Å²) in [6, 6.07) is 7.22. The van der Waals surface area contributed by atoms with Crippen LogP contribution in [0.25, 0.3) is 0 Å². The quantitative estimate of drug-likeness (QED) is 0.807. The van der Waals surface area contributed by atoms with E-state index in [2.05, 4.69) is 10.6 Å². The molecule has 0 radical (unpaired) electrons. The van der Waals surface area contributed by atoms with Gasteiger partial charge in [-0.25, -0.2) is 0 Å². The minimum absolute atomic E-state index is 0.00454. The molecule has 2 amide bonds. The van der Waals surface area contributed by atoms with Crippen molar-refractivity contribution < 1.29 is 19.1 Å². The molecule has 1 aliphatic carbocycles. The predicted octanol–water partition coefficient (Wildman–Crippen LogP) is 2.05. The highest BCUT2D eigenvalue weighted by molar-refractivity contribution is 6.30. The average molecular weight is 367 g/mol. The first-order valence-electron chi connectivity index (χ1n) is 8.70.